The molecule has 5 heteroatoms. The fourth-order valence-electron chi connectivity index (χ4n) is 3.07. The second-order valence-electron chi connectivity index (χ2n) is 8.07. The number of hydrogen-bond acceptors (Lipinski definition) is 2. The van der Waals surface area contributed by atoms with E-state index in [0.717, 1.165) is 29.1 Å². The number of nitrogens with zero attached hydrogens (tertiary/aromatic N) is 2. The average Bonchev–Trinajstić information content (AvgIpc) is 2.80. The number of carbonyl (C=O) groups excluding carboxylic acids is 1. The van der Waals surface area contributed by atoms with Crippen LogP contribution in [0.15, 0.2) is 24.3 Å². The first-order chi connectivity index (χ1) is 12.1. The molecule has 26 heavy (non-hydrogen) atoms. The molecule has 0 fully saturated rings. The van der Waals surface area contributed by atoms with Gasteiger partial charge in [-0.25, -0.2) is 0 Å². The number of hydrogen-bond donors (Lipinski definition) is 1. The minimum Gasteiger partial charge on any atom is -0.355 e. The molecule has 0 aliphatic heterocycles. The van der Waals surface area contributed by atoms with Crippen molar-refractivity contribution in [3.63, 3.8) is 0 Å². The Hall–Kier alpha value is -1.81. The van der Waals surface area contributed by atoms with E-state index in [1.165, 1.54) is 0 Å². The highest BCUT2D eigenvalue weighted by atomic mass is 35.5. The molecule has 0 aliphatic carbocycles. The monoisotopic (exact) mass is 375 g/mol. The minimum absolute atomic E-state index is 0.0235. The van der Waals surface area contributed by atoms with E-state index in [-0.39, 0.29) is 11.3 Å². The lowest BCUT2D eigenvalue weighted by atomic mass is 9.84. The Morgan fingerprint density at radius 2 is 2.00 bits per heavy atom. The summed E-state index contributed by atoms with van der Waals surface area (Å²) in [6, 6.07) is 7.80. The third kappa shape index (κ3) is 5.10. The lowest BCUT2D eigenvalue weighted by Gasteiger charge is -2.26. The summed E-state index contributed by atoms with van der Waals surface area (Å²) in [5.74, 6) is 0.545. The Morgan fingerprint density at radius 3 is 2.62 bits per heavy atom. The quantitative estimate of drug-likeness (QED) is 0.777. The summed E-state index contributed by atoms with van der Waals surface area (Å²) in [5.41, 5.74) is 3.98. The molecule has 2 aromatic rings. The minimum atomic E-state index is -0.188. The highest BCUT2D eigenvalue weighted by molar-refractivity contribution is 6.30. The highest BCUT2D eigenvalue weighted by Crippen LogP contribution is 2.25. The van der Waals surface area contributed by atoms with Crippen LogP contribution in [0.4, 0.5) is 0 Å². The molecule has 0 saturated carbocycles. The van der Waals surface area contributed by atoms with Crippen LogP contribution in [-0.4, -0.2) is 22.2 Å². The summed E-state index contributed by atoms with van der Waals surface area (Å²) in [6.07, 6.45) is 0.362. The molecule has 2 rings (SSSR count). The Morgan fingerprint density at radius 1 is 1.31 bits per heavy atom. The first-order valence-electron chi connectivity index (χ1n) is 9.16. The van der Waals surface area contributed by atoms with Crippen molar-refractivity contribution in [3.8, 4) is 0 Å². The largest absolute Gasteiger partial charge is 0.355 e. The van der Waals surface area contributed by atoms with E-state index in [2.05, 4.69) is 38.1 Å². The van der Waals surface area contributed by atoms with Gasteiger partial charge < -0.3 is 5.32 Å². The van der Waals surface area contributed by atoms with Crippen LogP contribution >= 0.6 is 11.6 Å². The van der Waals surface area contributed by atoms with Gasteiger partial charge in [-0.05, 0) is 37.5 Å². The number of carbonyl (C=O) groups is 1. The van der Waals surface area contributed by atoms with Crippen molar-refractivity contribution in [1.29, 1.82) is 0 Å². The second kappa shape index (κ2) is 8.26. The maximum absolute atomic E-state index is 12.5. The smallest absolute Gasteiger partial charge is 0.224 e. The number of aryl methyl sites for hydroxylation is 1. The van der Waals surface area contributed by atoms with Gasteiger partial charge in [-0.15, -0.1) is 0 Å². The van der Waals surface area contributed by atoms with Gasteiger partial charge in [0.1, 0.15) is 0 Å². The normalized spacial score (nSPS) is 11.8. The SMILES string of the molecule is Cc1nn(CC(C)C)c(C)c1CC(=O)NCC(C)(C)c1cccc(Cl)c1. The fraction of sp³-hybridized carbons (Fsp3) is 0.524. The standard InChI is InChI=1S/C21H30ClN3O/c1-14(2)12-25-16(4)19(15(3)24-25)11-20(26)23-13-21(5,6)17-8-7-9-18(22)10-17/h7-10,14H,11-13H2,1-6H3,(H,23,26). The zero-order valence-electron chi connectivity index (χ0n) is 16.7. The van der Waals surface area contributed by atoms with Crippen LogP contribution in [0.1, 0.15) is 50.2 Å². The molecule has 0 saturated heterocycles. The molecular formula is C21H30ClN3O. The Bertz CT molecular complexity index is 778. The zero-order chi connectivity index (χ0) is 19.5. The van der Waals surface area contributed by atoms with E-state index in [4.69, 9.17) is 11.6 Å². The van der Waals surface area contributed by atoms with Crippen molar-refractivity contribution in [1.82, 2.24) is 15.1 Å². The Kier molecular flexibility index (Phi) is 6.51. The number of halogens is 1. The second-order valence-corrected chi connectivity index (χ2v) is 8.51. The van der Waals surface area contributed by atoms with Gasteiger partial charge in [0.2, 0.25) is 5.91 Å². The molecule has 1 aromatic heterocycles. The summed E-state index contributed by atoms with van der Waals surface area (Å²) in [6.45, 7) is 14.0. The summed E-state index contributed by atoms with van der Waals surface area (Å²) in [7, 11) is 0. The number of nitrogens with one attached hydrogen (secondary N) is 1. The topological polar surface area (TPSA) is 46.9 Å². The van der Waals surface area contributed by atoms with Crippen LogP contribution in [0.25, 0.3) is 0 Å². The van der Waals surface area contributed by atoms with Gasteiger partial charge in [-0.3, -0.25) is 9.48 Å². The molecule has 0 radical (unpaired) electrons. The van der Waals surface area contributed by atoms with Gasteiger partial charge in [-0.2, -0.15) is 5.10 Å². The predicted molar refractivity (Wildman–Crippen MR) is 108 cm³/mol. The first-order valence-corrected chi connectivity index (χ1v) is 9.53. The van der Waals surface area contributed by atoms with Crippen molar-refractivity contribution >= 4 is 17.5 Å². The van der Waals surface area contributed by atoms with Gasteiger partial charge in [0.05, 0.1) is 12.1 Å². The average molecular weight is 376 g/mol. The van der Waals surface area contributed by atoms with Gasteiger partial charge in [-0.1, -0.05) is 51.4 Å². The zero-order valence-corrected chi connectivity index (χ0v) is 17.4. The maximum atomic E-state index is 12.5. The van der Waals surface area contributed by atoms with Crippen molar-refractivity contribution < 1.29 is 4.79 Å². The number of rotatable bonds is 7. The van der Waals surface area contributed by atoms with Crippen LogP contribution in [0, 0.1) is 19.8 Å². The third-order valence-corrected chi connectivity index (χ3v) is 4.98. The fourth-order valence-corrected chi connectivity index (χ4v) is 3.26. The van der Waals surface area contributed by atoms with E-state index in [0.29, 0.717) is 23.9 Å². The van der Waals surface area contributed by atoms with Crippen molar-refractivity contribution in [2.24, 2.45) is 5.92 Å². The predicted octanol–water partition coefficient (Wildman–Crippen LogP) is 4.45. The van der Waals surface area contributed by atoms with Crippen LogP contribution in [0.2, 0.25) is 5.02 Å². The Labute approximate surface area is 161 Å². The molecule has 1 aromatic carbocycles. The number of benzene rings is 1. The number of aromatic nitrogens is 2. The van der Waals surface area contributed by atoms with Gasteiger partial charge in [0.25, 0.3) is 0 Å². The molecular weight excluding hydrogens is 346 g/mol. The van der Waals surface area contributed by atoms with Crippen LogP contribution in [-0.2, 0) is 23.2 Å². The summed E-state index contributed by atoms with van der Waals surface area (Å²) >= 11 is 6.10. The molecule has 1 amide bonds. The van der Waals surface area contributed by atoms with E-state index in [1.54, 1.807) is 0 Å². The van der Waals surface area contributed by atoms with Crippen LogP contribution in [0.3, 0.4) is 0 Å². The lowest BCUT2D eigenvalue weighted by molar-refractivity contribution is -0.120. The van der Waals surface area contributed by atoms with Crippen molar-refractivity contribution in [2.75, 3.05) is 6.54 Å². The molecule has 1 heterocycles. The molecule has 1 N–H and O–H groups in total. The van der Waals surface area contributed by atoms with E-state index in [1.807, 2.05) is 42.8 Å². The summed E-state index contributed by atoms with van der Waals surface area (Å²) < 4.78 is 2.01. The van der Waals surface area contributed by atoms with Crippen LogP contribution < -0.4 is 5.32 Å². The van der Waals surface area contributed by atoms with Crippen LogP contribution in [0.5, 0.6) is 0 Å². The van der Waals surface area contributed by atoms with Gasteiger partial charge in [0, 0.05) is 34.8 Å². The van der Waals surface area contributed by atoms with E-state index >= 15 is 0 Å². The molecule has 0 bridgehead atoms. The molecule has 0 aliphatic rings. The molecule has 0 unspecified atom stereocenters. The van der Waals surface area contributed by atoms with Gasteiger partial charge >= 0.3 is 0 Å². The summed E-state index contributed by atoms with van der Waals surface area (Å²) in [4.78, 5) is 12.5. The van der Waals surface area contributed by atoms with Crippen molar-refractivity contribution in [3.05, 3.63) is 51.8 Å². The summed E-state index contributed by atoms with van der Waals surface area (Å²) in [5, 5.41) is 8.38. The lowest BCUT2D eigenvalue weighted by Crippen LogP contribution is -2.37. The van der Waals surface area contributed by atoms with E-state index < -0.39 is 0 Å². The maximum Gasteiger partial charge on any atom is 0.224 e. The Balaban J connectivity index is 2.02. The molecule has 4 nitrogen and oxygen atoms in total. The third-order valence-electron chi connectivity index (χ3n) is 4.74. The first kappa shape index (κ1) is 20.5. The van der Waals surface area contributed by atoms with E-state index in [9.17, 15) is 4.79 Å². The molecule has 0 atom stereocenters. The highest BCUT2D eigenvalue weighted by Gasteiger charge is 2.22. The van der Waals surface area contributed by atoms with Crippen molar-refractivity contribution in [2.45, 2.75) is 59.9 Å². The molecule has 0 spiro atoms. The van der Waals surface area contributed by atoms with Gasteiger partial charge in [0.15, 0.2) is 0 Å². The number of amides is 1. The molecule has 142 valence electrons.